The van der Waals surface area contributed by atoms with Crippen LogP contribution in [0.1, 0.15) is 38.3 Å². The van der Waals surface area contributed by atoms with Crippen LogP contribution in [-0.4, -0.2) is 11.8 Å². The van der Waals surface area contributed by atoms with Gasteiger partial charge in [-0.05, 0) is 29.9 Å². The smallest absolute Gasteiger partial charge is 0.153 e. The Labute approximate surface area is 104 Å². The minimum Gasteiger partial charge on any atom is -0.322 e. The van der Waals surface area contributed by atoms with Gasteiger partial charge < -0.3 is 5.73 Å². The van der Waals surface area contributed by atoms with E-state index in [9.17, 15) is 4.79 Å². The van der Waals surface area contributed by atoms with Crippen molar-refractivity contribution in [3.05, 3.63) is 35.4 Å². The first-order valence-electron chi connectivity index (χ1n) is 6.39. The van der Waals surface area contributed by atoms with Gasteiger partial charge in [0.05, 0.1) is 6.04 Å². The Morgan fingerprint density at radius 3 is 2.18 bits per heavy atom. The number of rotatable bonds is 6. The summed E-state index contributed by atoms with van der Waals surface area (Å²) in [4.78, 5) is 11.7. The van der Waals surface area contributed by atoms with Crippen LogP contribution < -0.4 is 5.73 Å². The molecule has 0 saturated heterocycles. The average Bonchev–Trinajstić information content (AvgIpc) is 2.30. The third-order valence-corrected chi connectivity index (χ3v) is 2.90. The van der Waals surface area contributed by atoms with Gasteiger partial charge >= 0.3 is 0 Å². The Balaban J connectivity index is 2.59. The monoisotopic (exact) mass is 233 g/mol. The molecular weight excluding hydrogens is 210 g/mol. The highest BCUT2D eigenvalue weighted by molar-refractivity contribution is 5.85. The van der Waals surface area contributed by atoms with Crippen LogP contribution in [0.15, 0.2) is 24.3 Å². The molecule has 0 bridgehead atoms. The van der Waals surface area contributed by atoms with Crippen LogP contribution in [0.5, 0.6) is 0 Å². The molecule has 0 aliphatic rings. The molecule has 1 aromatic rings. The number of benzene rings is 1. The van der Waals surface area contributed by atoms with E-state index in [1.54, 1.807) is 0 Å². The Morgan fingerprint density at radius 2 is 1.71 bits per heavy atom. The van der Waals surface area contributed by atoms with Gasteiger partial charge in [0.25, 0.3) is 0 Å². The summed E-state index contributed by atoms with van der Waals surface area (Å²) in [6, 6.07) is 7.99. The summed E-state index contributed by atoms with van der Waals surface area (Å²) in [7, 11) is 0. The molecule has 1 rings (SSSR count). The van der Waals surface area contributed by atoms with Crippen LogP contribution in [0.4, 0.5) is 0 Å². The minimum absolute atomic E-state index is 0.129. The summed E-state index contributed by atoms with van der Waals surface area (Å²) in [5, 5.41) is 0. The zero-order valence-electron chi connectivity index (χ0n) is 11.1. The van der Waals surface area contributed by atoms with Crippen LogP contribution in [0.3, 0.4) is 0 Å². The molecule has 0 heterocycles. The van der Waals surface area contributed by atoms with Crippen LogP contribution in [0.2, 0.25) is 0 Å². The van der Waals surface area contributed by atoms with Crippen molar-refractivity contribution in [1.29, 1.82) is 0 Å². The van der Waals surface area contributed by atoms with Gasteiger partial charge in [0.15, 0.2) is 5.78 Å². The fourth-order valence-electron chi connectivity index (χ4n) is 1.82. The predicted molar refractivity (Wildman–Crippen MR) is 72.0 cm³/mol. The Kier molecular flexibility index (Phi) is 5.36. The van der Waals surface area contributed by atoms with Gasteiger partial charge in [0.1, 0.15) is 0 Å². The summed E-state index contributed by atoms with van der Waals surface area (Å²) >= 11 is 0. The highest BCUT2D eigenvalue weighted by Gasteiger charge is 2.11. The first-order chi connectivity index (χ1) is 8.02. The zero-order valence-corrected chi connectivity index (χ0v) is 11.1. The lowest BCUT2D eigenvalue weighted by Gasteiger charge is -2.09. The van der Waals surface area contributed by atoms with Gasteiger partial charge in [-0.1, -0.05) is 45.0 Å². The van der Waals surface area contributed by atoms with E-state index in [0.29, 0.717) is 18.8 Å². The quantitative estimate of drug-likeness (QED) is 0.821. The summed E-state index contributed by atoms with van der Waals surface area (Å²) < 4.78 is 0. The maximum atomic E-state index is 11.7. The summed E-state index contributed by atoms with van der Waals surface area (Å²) in [5.74, 6) is 0.792. The van der Waals surface area contributed by atoms with E-state index in [1.807, 2.05) is 19.1 Å². The molecule has 0 saturated carbocycles. The van der Waals surface area contributed by atoms with Gasteiger partial charge in [-0.3, -0.25) is 4.79 Å². The van der Waals surface area contributed by atoms with Crippen LogP contribution in [-0.2, 0) is 17.6 Å². The molecule has 0 aromatic heterocycles. The van der Waals surface area contributed by atoms with E-state index < -0.39 is 0 Å². The van der Waals surface area contributed by atoms with E-state index >= 15 is 0 Å². The van der Waals surface area contributed by atoms with Crippen molar-refractivity contribution >= 4 is 5.78 Å². The van der Waals surface area contributed by atoms with E-state index in [4.69, 9.17) is 5.73 Å². The number of nitrogens with two attached hydrogens (primary N) is 1. The molecule has 0 radical (unpaired) electrons. The molecule has 17 heavy (non-hydrogen) atoms. The second-order valence-electron chi connectivity index (χ2n) is 5.07. The molecule has 0 aliphatic heterocycles. The molecule has 0 aliphatic carbocycles. The van der Waals surface area contributed by atoms with Gasteiger partial charge in [-0.15, -0.1) is 0 Å². The fourth-order valence-corrected chi connectivity index (χ4v) is 1.82. The molecule has 0 fully saturated rings. The van der Waals surface area contributed by atoms with Gasteiger partial charge in [0.2, 0.25) is 0 Å². The van der Waals surface area contributed by atoms with Crippen molar-refractivity contribution in [2.24, 2.45) is 11.7 Å². The first-order valence-corrected chi connectivity index (χ1v) is 6.39. The Morgan fingerprint density at radius 1 is 1.18 bits per heavy atom. The number of hydrogen-bond acceptors (Lipinski definition) is 2. The van der Waals surface area contributed by atoms with Crippen molar-refractivity contribution < 1.29 is 4.79 Å². The van der Waals surface area contributed by atoms with Crippen molar-refractivity contribution in [2.75, 3.05) is 0 Å². The van der Waals surface area contributed by atoms with Crippen molar-refractivity contribution in [1.82, 2.24) is 0 Å². The first kappa shape index (κ1) is 13.9. The second kappa shape index (κ2) is 6.55. The van der Waals surface area contributed by atoms with Gasteiger partial charge in [0, 0.05) is 6.42 Å². The lowest BCUT2D eigenvalue weighted by atomic mass is 9.98. The lowest BCUT2D eigenvalue weighted by molar-refractivity contribution is -0.119. The molecule has 0 amide bonds. The molecule has 0 unspecified atom stereocenters. The SMILES string of the molecule is CC[C@H](N)C(=O)Cc1ccc(CC(C)C)cc1. The normalized spacial score (nSPS) is 12.8. The Bertz CT molecular complexity index is 354. The van der Waals surface area contributed by atoms with Gasteiger partial charge in [-0.25, -0.2) is 0 Å². The van der Waals surface area contributed by atoms with Gasteiger partial charge in [-0.2, -0.15) is 0 Å². The molecule has 1 atom stereocenters. The topological polar surface area (TPSA) is 43.1 Å². The highest BCUT2D eigenvalue weighted by Crippen LogP contribution is 2.11. The summed E-state index contributed by atoms with van der Waals surface area (Å²) in [6.07, 6.45) is 2.25. The van der Waals surface area contributed by atoms with Crippen LogP contribution >= 0.6 is 0 Å². The van der Waals surface area contributed by atoms with Crippen molar-refractivity contribution in [3.8, 4) is 0 Å². The molecule has 1 aromatic carbocycles. The van der Waals surface area contributed by atoms with Crippen LogP contribution in [0, 0.1) is 5.92 Å². The van der Waals surface area contributed by atoms with E-state index in [0.717, 1.165) is 12.0 Å². The fraction of sp³-hybridized carbons (Fsp3) is 0.533. The lowest BCUT2D eigenvalue weighted by Crippen LogP contribution is -2.30. The highest BCUT2D eigenvalue weighted by atomic mass is 16.1. The number of hydrogen-bond donors (Lipinski definition) is 1. The molecule has 0 spiro atoms. The van der Waals surface area contributed by atoms with Crippen molar-refractivity contribution in [3.63, 3.8) is 0 Å². The standard InChI is InChI=1S/C15H23NO/c1-4-14(16)15(17)10-13-7-5-12(6-8-13)9-11(2)3/h5-8,11,14H,4,9-10,16H2,1-3H3/t14-/m0/s1. The van der Waals surface area contributed by atoms with Crippen LogP contribution in [0.25, 0.3) is 0 Å². The summed E-state index contributed by atoms with van der Waals surface area (Å²) in [5.41, 5.74) is 8.10. The third-order valence-electron chi connectivity index (χ3n) is 2.90. The maximum Gasteiger partial charge on any atom is 0.153 e. The van der Waals surface area contributed by atoms with Crippen molar-refractivity contribution in [2.45, 2.75) is 46.1 Å². The van der Waals surface area contributed by atoms with E-state index in [1.165, 1.54) is 5.56 Å². The maximum absolute atomic E-state index is 11.7. The molecule has 2 N–H and O–H groups in total. The Hall–Kier alpha value is -1.15. The van der Waals surface area contributed by atoms with E-state index in [2.05, 4.69) is 26.0 Å². The largest absolute Gasteiger partial charge is 0.322 e. The molecular formula is C15H23NO. The minimum atomic E-state index is -0.314. The summed E-state index contributed by atoms with van der Waals surface area (Å²) in [6.45, 7) is 6.35. The number of carbonyl (C=O) groups is 1. The predicted octanol–water partition coefficient (Wildman–Crippen LogP) is 2.73. The number of carbonyl (C=O) groups excluding carboxylic acids is 1. The second-order valence-corrected chi connectivity index (χ2v) is 5.07. The number of ketones is 1. The molecule has 2 nitrogen and oxygen atoms in total. The van der Waals surface area contributed by atoms with E-state index in [-0.39, 0.29) is 11.8 Å². The number of Topliss-reactive ketones (excluding diaryl/α,β-unsaturated/α-hetero) is 1. The molecule has 94 valence electrons. The third kappa shape index (κ3) is 4.70. The zero-order chi connectivity index (χ0) is 12.8. The molecule has 2 heteroatoms. The average molecular weight is 233 g/mol.